The number of rotatable bonds is 7. The lowest BCUT2D eigenvalue weighted by atomic mass is 10.1. The summed E-state index contributed by atoms with van der Waals surface area (Å²) in [4.78, 5) is 51.3. The predicted octanol–water partition coefficient (Wildman–Crippen LogP) is 1.84. The van der Waals surface area contributed by atoms with E-state index in [-0.39, 0.29) is 48.1 Å². The summed E-state index contributed by atoms with van der Waals surface area (Å²) in [6.45, 7) is 0.0290. The maximum atomic E-state index is 13.4. The minimum Gasteiger partial charge on any atom is -0.459 e. The molecular formula is C24H21FN4O8S. The zero-order valence-corrected chi connectivity index (χ0v) is 20.5. The van der Waals surface area contributed by atoms with E-state index in [1.807, 2.05) is 0 Å². The Morgan fingerprint density at radius 3 is 2.11 bits per heavy atom. The molecule has 12 nitrogen and oxygen atoms in total. The van der Waals surface area contributed by atoms with Crippen LogP contribution < -0.4 is 5.32 Å². The van der Waals surface area contributed by atoms with Crippen LogP contribution in [0.4, 0.5) is 10.1 Å². The predicted molar refractivity (Wildman–Crippen MR) is 129 cm³/mol. The van der Waals surface area contributed by atoms with Crippen LogP contribution in [0.25, 0.3) is 0 Å². The van der Waals surface area contributed by atoms with E-state index in [0.717, 1.165) is 24.3 Å². The van der Waals surface area contributed by atoms with E-state index in [9.17, 15) is 37.3 Å². The van der Waals surface area contributed by atoms with Crippen LogP contribution in [0.3, 0.4) is 0 Å². The number of piperazine rings is 1. The summed E-state index contributed by atoms with van der Waals surface area (Å²) in [5.74, 6) is -3.17. The summed E-state index contributed by atoms with van der Waals surface area (Å²) in [5, 5.41) is 11.0. The number of nitro benzene ring substituents is 1. The number of sulfone groups is 1. The van der Waals surface area contributed by atoms with Gasteiger partial charge in [-0.3, -0.25) is 24.5 Å². The summed E-state index contributed by atoms with van der Waals surface area (Å²) in [6, 6.07) is 11.6. The van der Waals surface area contributed by atoms with Gasteiger partial charge in [0.15, 0.2) is 5.76 Å². The van der Waals surface area contributed by atoms with Crippen LogP contribution in [-0.4, -0.2) is 72.4 Å². The van der Waals surface area contributed by atoms with Crippen molar-refractivity contribution in [1.29, 1.82) is 0 Å². The lowest BCUT2D eigenvalue weighted by Crippen LogP contribution is -2.57. The zero-order valence-electron chi connectivity index (χ0n) is 19.7. The van der Waals surface area contributed by atoms with E-state index in [2.05, 4.69) is 5.32 Å². The number of furan rings is 1. The van der Waals surface area contributed by atoms with Crippen LogP contribution in [0.2, 0.25) is 0 Å². The lowest BCUT2D eigenvalue weighted by molar-refractivity contribution is -0.384. The molecule has 3 amide bonds. The Balaban J connectivity index is 1.51. The van der Waals surface area contributed by atoms with Gasteiger partial charge in [-0.05, 0) is 48.5 Å². The third kappa shape index (κ3) is 5.54. The van der Waals surface area contributed by atoms with Gasteiger partial charge in [-0.15, -0.1) is 0 Å². The molecule has 3 aromatic rings. The van der Waals surface area contributed by atoms with E-state index < -0.39 is 43.7 Å². The standard InChI is InChI=1S/C24H21FN4O8S/c25-17-5-9-19(10-6-17)38(35,36)22(26-21(30)20-2-1-15-37-20)24(32)28-13-11-27(12-14-28)23(31)16-3-7-18(8-4-16)29(33)34/h1-10,15,22H,11-14H2,(H,26,30). The Morgan fingerprint density at radius 2 is 1.55 bits per heavy atom. The highest BCUT2D eigenvalue weighted by Gasteiger charge is 2.40. The van der Waals surface area contributed by atoms with Crippen molar-refractivity contribution >= 4 is 33.2 Å². The van der Waals surface area contributed by atoms with E-state index >= 15 is 0 Å². The highest BCUT2D eigenvalue weighted by Crippen LogP contribution is 2.20. The molecule has 14 heteroatoms. The van der Waals surface area contributed by atoms with Crippen molar-refractivity contribution in [3.8, 4) is 0 Å². The number of amides is 3. The number of carbonyl (C=O) groups excluding carboxylic acids is 3. The second-order valence-electron chi connectivity index (χ2n) is 8.25. The van der Waals surface area contributed by atoms with Crippen LogP contribution in [0.1, 0.15) is 20.9 Å². The van der Waals surface area contributed by atoms with E-state index in [1.165, 1.54) is 52.5 Å². The van der Waals surface area contributed by atoms with Gasteiger partial charge in [-0.1, -0.05) is 0 Å². The first kappa shape index (κ1) is 26.5. The molecule has 1 N–H and O–H groups in total. The second kappa shape index (κ2) is 10.8. The van der Waals surface area contributed by atoms with Gasteiger partial charge >= 0.3 is 0 Å². The lowest BCUT2D eigenvalue weighted by Gasteiger charge is -2.36. The molecule has 0 bridgehead atoms. The third-order valence-electron chi connectivity index (χ3n) is 5.89. The van der Waals surface area contributed by atoms with Crippen LogP contribution in [0, 0.1) is 15.9 Å². The van der Waals surface area contributed by atoms with Gasteiger partial charge in [0.25, 0.3) is 23.4 Å². The molecule has 0 saturated carbocycles. The first-order chi connectivity index (χ1) is 18.1. The minimum atomic E-state index is -4.50. The number of hydrogen-bond acceptors (Lipinski definition) is 8. The van der Waals surface area contributed by atoms with Crippen molar-refractivity contribution in [1.82, 2.24) is 15.1 Å². The average Bonchev–Trinajstić information content (AvgIpc) is 3.46. The molecule has 1 unspecified atom stereocenters. The molecular weight excluding hydrogens is 523 g/mol. The minimum absolute atomic E-state index is 0.0381. The SMILES string of the molecule is O=C(NC(C(=O)N1CCN(C(=O)c2ccc([N+](=O)[O-])cc2)CC1)S(=O)(=O)c1ccc(F)cc1)c1ccco1. The second-order valence-corrected chi connectivity index (χ2v) is 10.3. The van der Waals surface area contributed by atoms with E-state index in [1.54, 1.807) is 0 Å². The van der Waals surface area contributed by atoms with Gasteiger partial charge in [0.1, 0.15) is 5.82 Å². The fraction of sp³-hybridized carbons (Fsp3) is 0.208. The smallest absolute Gasteiger partial charge is 0.288 e. The Bertz CT molecular complexity index is 1450. The number of benzene rings is 2. The molecule has 1 aliphatic heterocycles. The number of non-ortho nitro benzene ring substituents is 1. The molecule has 1 aliphatic rings. The Labute approximate surface area is 215 Å². The van der Waals surface area contributed by atoms with Gasteiger partial charge in [-0.25, -0.2) is 12.8 Å². The Hall–Kier alpha value is -4.59. The molecule has 198 valence electrons. The van der Waals surface area contributed by atoms with Crippen molar-refractivity contribution in [2.24, 2.45) is 0 Å². The van der Waals surface area contributed by atoms with Crippen molar-refractivity contribution in [3.63, 3.8) is 0 Å². The van der Waals surface area contributed by atoms with Crippen LogP contribution >= 0.6 is 0 Å². The Kier molecular flexibility index (Phi) is 7.52. The number of nitro groups is 1. The van der Waals surface area contributed by atoms with E-state index in [0.29, 0.717) is 0 Å². The Morgan fingerprint density at radius 1 is 0.947 bits per heavy atom. The molecule has 0 radical (unpaired) electrons. The first-order valence-electron chi connectivity index (χ1n) is 11.2. The van der Waals surface area contributed by atoms with Crippen LogP contribution in [0.15, 0.2) is 76.2 Å². The molecule has 4 rings (SSSR count). The van der Waals surface area contributed by atoms with Gasteiger partial charge in [0.2, 0.25) is 15.2 Å². The number of carbonyl (C=O) groups is 3. The van der Waals surface area contributed by atoms with Crippen molar-refractivity contribution in [2.75, 3.05) is 26.2 Å². The van der Waals surface area contributed by atoms with Crippen molar-refractivity contribution in [3.05, 3.63) is 94.2 Å². The van der Waals surface area contributed by atoms with Crippen molar-refractivity contribution in [2.45, 2.75) is 10.3 Å². The van der Waals surface area contributed by atoms with Crippen LogP contribution in [-0.2, 0) is 14.6 Å². The molecule has 1 fully saturated rings. The van der Waals surface area contributed by atoms with Gasteiger partial charge in [0, 0.05) is 43.9 Å². The van der Waals surface area contributed by atoms with Crippen LogP contribution in [0.5, 0.6) is 0 Å². The quantitative estimate of drug-likeness (QED) is 0.268. The normalized spacial score (nSPS) is 14.6. The topological polar surface area (TPSA) is 160 Å². The summed E-state index contributed by atoms with van der Waals surface area (Å²) < 4.78 is 45.1. The molecule has 1 atom stereocenters. The number of hydrogen-bond donors (Lipinski definition) is 1. The number of nitrogens with zero attached hydrogens (tertiary/aromatic N) is 3. The fourth-order valence-corrected chi connectivity index (χ4v) is 5.30. The summed E-state index contributed by atoms with van der Waals surface area (Å²) in [7, 11) is -4.50. The first-order valence-corrected chi connectivity index (χ1v) is 12.8. The summed E-state index contributed by atoms with van der Waals surface area (Å²) >= 11 is 0. The zero-order chi connectivity index (χ0) is 27.4. The molecule has 1 saturated heterocycles. The average molecular weight is 545 g/mol. The maximum absolute atomic E-state index is 13.4. The highest BCUT2D eigenvalue weighted by atomic mass is 32.2. The van der Waals surface area contributed by atoms with Gasteiger partial charge in [0.05, 0.1) is 16.1 Å². The molecule has 2 heterocycles. The summed E-state index contributed by atoms with van der Waals surface area (Å²) in [6.07, 6.45) is 1.21. The maximum Gasteiger partial charge on any atom is 0.288 e. The third-order valence-corrected chi connectivity index (χ3v) is 7.76. The molecule has 2 aromatic carbocycles. The van der Waals surface area contributed by atoms with Gasteiger partial charge in [-0.2, -0.15) is 0 Å². The number of nitrogens with one attached hydrogen (secondary N) is 1. The molecule has 1 aromatic heterocycles. The van der Waals surface area contributed by atoms with E-state index in [4.69, 9.17) is 4.42 Å². The fourth-order valence-electron chi connectivity index (χ4n) is 3.83. The molecule has 38 heavy (non-hydrogen) atoms. The highest BCUT2D eigenvalue weighted by molar-refractivity contribution is 7.92. The monoisotopic (exact) mass is 544 g/mol. The van der Waals surface area contributed by atoms with Gasteiger partial charge < -0.3 is 19.5 Å². The van der Waals surface area contributed by atoms with Crippen molar-refractivity contribution < 1.29 is 36.5 Å². The largest absolute Gasteiger partial charge is 0.459 e. The summed E-state index contributed by atoms with van der Waals surface area (Å²) in [5.41, 5.74) is 0.0554. The number of halogens is 1. The molecule has 0 aliphatic carbocycles. The molecule has 0 spiro atoms.